The van der Waals surface area contributed by atoms with Crippen molar-refractivity contribution in [1.29, 1.82) is 5.41 Å². The third kappa shape index (κ3) is 5.51. The number of nitrogen functional groups attached to an aromatic ring is 1. The summed E-state index contributed by atoms with van der Waals surface area (Å²) in [6, 6.07) is 2.95. The van der Waals surface area contributed by atoms with Gasteiger partial charge in [0.15, 0.2) is 0 Å². The van der Waals surface area contributed by atoms with Crippen molar-refractivity contribution in [2.24, 2.45) is 5.73 Å². The zero-order valence-electron chi connectivity index (χ0n) is 16.8. The number of aromatic nitrogens is 1. The number of pyridine rings is 1. The molecule has 2 amide bonds. The highest BCUT2D eigenvalue weighted by Crippen LogP contribution is 2.19. The fraction of sp³-hybridized carbons (Fsp3) is 0.600. The third-order valence-electron chi connectivity index (χ3n) is 5.48. The van der Waals surface area contributed by atoms with Gasteiger partial charge in [0.05, 0.1) is 6.04 Å². The highest BCUT2D eigenvalue weighted by atomic mass is 16.5. The van der Waals surface area contributed by atoms with E-state index >= 15 is 0 Å². The lowest BCUT2D eigenvalue weighted by Gasteiger charge is -2.30. The van der Waals surface area contributed by atoms with E-state index in [0.29, 0.717) is 25.2 Å². The summed E-state index contributed by atoms with van der Waals surface area (Å²) < 4.78 is 5.36. The highest BCUT2D eigenvalue weighted by Gasteiger charge is 2.36. The first-order valence-corrected chi connectivity index (χ1v) is 10.2. The molecule has 3 heterocycles. The summed E-state index contributed by atoms with van der Waals surface area (Å²) in [5.41, 5.74) is 6.61. The molecular formula is C20H30N6O3. The van der Waals surface area contributed by atoms with Crippen LogP contribution in [0.4, 0.5) is 0 Å². The fourth-order valence-corrected chi connectivity index (χ4v) is 3.84. The minimum atomic E-state index is -0.439. The Hall–Kier alpha value is -2.52. The molecule has 0 spiro atoms. The maximum Gasteiger partial charge on any atom is 0.243 e. The Labute approximate surface area is 170 Å². The van der Waals surface area contributed by atoms with Gasteiger partial charge in [-0.2, -0.15) is 0 Å². The average Bonchev–Trinajstić information content (AvgIpc) is 3.22. The first kappa shape index (κ1) is 21.2. The number of amidine groups is 1. The molecule has 2 fully saturated rings. The normalized spacial score (nSPS) is 21.0. The maximum atomic E-state index is 12.9. The van der Waals surface area contributed by atoms with Crippen LogP contribution in [0.25, 0.3) is 0 Å². The molecule has 158 valence electrons. The summed E-state index contributed by atoms with van der Waals surface area (Å²) in [4.78, 5) is 31.4. The van der Waals surface area contributed by atoms with E-state index in [0.717, 1.165) is 38.0 Å². The van der Waals surface area contributed by atoms with E-state index in [1.165, 1.54) is 0 Å². The molecule has 29 heavy (non-hydrogen) atoms. The fourth-order valence-electron chi connectivity index (χ4n) is 3.84. The molecule has 0 radical (unpaired) electrons. The lowest BCUT2D eigenvalue weighted by atomic mass is 10.1. The molecule has 1 aromatic rings. The molecule has 0 saturated carbocycles. The third-order valence-corrected chi connectivity index (χ3v) is 5.48. The number of nitrogens with two attached hydrogens (primary N) is 1. The van der Waals surface area contributed by atoms with Gasteiger partial charge in [-0.05, 0) is 44.2 Å². The molecule has 1 aromatic heterocycles. The highest BCUT2D eigenvalue weighted by molar-refractivity contribution is 5.93. The Kier molecular flexibility index (Phi) is 7.16. The second-order valence-corrected chi connectivity index (χ2v) is 7.65. The van der Waals surface area contributed by atoms with Crippen molar-refractivity contribution >= 4 is 17.6 Å². The smallest absolute Gasteiger partial charge is 0.243 e. The van der Waals surface area contributed by atoms with Crippen LogP contribution in [0, 0.1) is 5.41 Å². The van der Waals surface area contributed by atoms with Crippen molar-refractivity contribution in [3.63, 3.8) is 0 Å². The molecule has 0 unspecified atom stereocenters. The van der Waals surface area contributed by atoms with Gasteiger partial charge in [0.1, 0.15) is 17.6 Å². The van der Waals surface area contributed by atoms with Crippen molar-refractivity contribution in [3.8, 4) is 0 Å². The van der Waals surface area contributed by atoms with E-state index in [1.807, 2.05) is 6.92 Å². The summed E-state index contributed by atoms with van der Waals surface area (Å²) in [6.45, 7) is 4.22. The molecule has 0 aromatic carbocycles. The Bertz CT molecular complexity index is 732. The number of hydrogen-bond acceptors (Lipinski definition) is 6. The van der Waals surface area contributed by atoms with Crippen LogP contribution in [0.15, 0.2) is 18.3 Å². The van der Waals surface area contributed by atoms with E-state index in [1.54, 1.807) is 23.2 Å². The SMILES string of the molecule is C[C@H](NC1CCOCC1)C(=O)N1CCC[C@H]1C(=O)NCc1ccc(C(=N)N)nc1. The van der Waals surface area contributed by atoms with Gasteiger partial charge in [-0.1, -0.05) is 6.07 Å². The van der Waals surface area contributed by atoms with E-state index in [-0.39, 0.29) is 29.7 Å². The van der Waals surface area contributed by atoms with Crippen molar-refractivity contribution in [2.75, 3.05) is 19.8 Å². The van der Waals surface area contributed by atoms with Crippen LogP contribution in [0.2, 0.25) is 0 Å². The van der Waals surface area contributed by atoms with E-state index in [2.05, 4.69) is 15.6 Å². The summed E-state index contributed by atoms with van der Waals surface area (Å²) >= 11 is 0. The predicted molar refractivity (Wildman–Crippen MR) is 108 cm³/mol. The van der Waals surface area contributed by atoms with Gasteiger partial charge >= 0.3 is 0 Å². The number of hydrogen-bond donors (Lipinski definition) is 4. The minimum absolute atomic E-state index is 0.0263. The summed E-state index contributed by atoms with van der Waals surface area (Å²) in [6.07, 6.45) is 4.89. The quantitative estimate of drug-likeness (QED) is 0.378. The second kappa shape index (κ2) is 9.80. The zero-order chi connectivity index (χ0) is 20.8. The number of rotatable bonds is 7. The summed E-state index contributed by atoms with van der Waals surface area (Å²) in [5.74, 6) is -0.268. The van der Waals surface area contributed by atoms with Gasteiger partial charge < -0.3 is 26.0 Å². The molecule has 9 heteroatoms. The van der Waals surface area contributed by atoms with E-state index < -0.39 is 6.04 Å². The first-order valence-electron chi connectivity index (χ1n) is 10.2. The number of ether oxygens (including phenoxy) is 1. The molecule has 3 rings (SSSR count). The minimum Gasteiger partial charge on any atom is -0.382 e. The Morgan fingerprint density at radius 2 is 2.10 bits per heavy atom. The summed E-state index contributed by atoms with van der Waals surface area (Å²) in [5, 5.41) is 13.7. The van der Waals surface area contributed by atoms with E-state index in [4.69, 9.17) is 15.9 Å². The van der Waals surface area contributed by atoms with Gasteiger partial charge in [0.2, 0.25) is 11.8 Å². The zero-order valence-corrected chi connectivity index (χ0v) is 16.8. The lowest BCUT2D eigenvalue weighted by molar-refractivity contribution is -0.140. The van der Waals surface area contributed by atoms with Gasteiger partial charge in [-0.15, -0.1) is 0 Å². The van der Waals surface area contributed by atoms with Crippen LogP contribution < -0.4 is 16.4 Å². The molecule has 5 N–H and O–H groups in total. The number of amides is 2. The Morgan fingerprint density at radius 3 is 2.76 bits per heavy atom. The monoisotopic (exact) mass is 402 g/mol. The molecule has 9 nitrogen and oxygen atoms in total. The largest absolute Gasteiger partial charge is 0.382 e. The molecule has 0 aliphatic carbocycles. The molecule has 2 aliphatic heterocycles. The van der Waals surface area contributed by atoms with E-state index in [9.17, 15) is 9.59 Å². The van der Waals surface area contributed by atoms with Crippen LogP contribution >= 0.6 is 0 Å². The average molecular weight is 402 g/mol. The van der Waals surface area contributed by atoms with Crippen LogP contribution in [0.3, 0.4) is 0 Å². The number of nitrogens with one attached hydrogen (secondary N) is 3. The first-order chi connectivity index (χ1) is 14.0. The number of likely N-dealkylation sites (tertiary alicyclic amines) is 1. The number of carbonyl (C=O) groups is 2. The van der Waals surface area contributed by atoms with Crippen LogP contribution in [0.1, 0.15) is 43.9 Å². The maximum absolute atomic E-state index is 12.9. The van der Waals surface area contributed by atoms with Gasteiger partial charge in [0, 0.05) is 38.5 Å². The molecule has 2 saturated heterocycles. The molecular weight excluding hydrogens is 372 g/mol. The lowest BCUT2D eigenvalue weighted by Crippen LogP contribution is -2.53. The Balaban J connectivity index is 1.52. The van der Waals surface area contributed by atoms with Crippen molar-refractivity contribution < 1.29 is 14.3 Å². The molecule has 2 atom stereocenters. The van der Waals surface area contributed by atoms with Crippen molar-refractivity contribution in [3.05, 3.63) is 29.6 Å². The van der Waals surface area contributed by atoms with Gasteiger partial charge in [-0.25, -0.2) is 0 Å². The topological polar surface area (TPSA) is 133 Å². The van der Waals surface area contributed by atoms with Gasteiger partial charge in [-0.3, -0.25) is 20.0 Å². The Morgan fingerprint density at radius 1 is 1.34 bits per heavy atom. The molecule has 0 bridgehead atoms. The summed E-state index contributed by atoms with van der Waals surface area (Å²) in [7, 11) is 0. The second-order valence-electron chi connectivity index (χ2n) is 7.65. The van der Waals surface area contributed by atoms with Crippen LogP contribution in [-0.2, 0) is 20.9 Å². The standard InChI is InChI=1S/C20H30N6O3/c1-13(25-15-6-9-29-10-7-15)20(28)26-8-2-3-17(26)19(27)24-12-14-4-5-16(18(21)22)23-11-14/h4-5,11,13,15,17,25H,2-3,6-10,12H2,1H3,(H3,21,22)(H,24,27)/t13-,17-/m0/s1. The number of carbonyl (C=O) groups excluding carboxylic acids is 2. The van der Waals surface area contributed by atoms with Crippen LogP contribution in [-0.4, -0.2) is 65.4 Å². The van der Waals surface area contributed by atoms with Crippen LogP contribution in [0.5, 0.6) is 0 Å². The number of nitrogens with zero attached hydrogens (tertiary/aromatic N) is 2. The van der Waals surface area contributed by atoms with Gasteiger partial charge in [0.25, 0.3) is 0 Å². The van der Waals surface area contributed by atoms with Crippen molar-refractivity contribution in [1.82, 2.24) is 20.5 Å². The van der Waals surface area contributed by atoms with Crippen molar-refractivity contribution in [2.45, 2.75) is 57.3 Å². The predicted octanol–water partition coefficient (Wildman–Crippen LogP) is 0.130. The molecule has 2 aliphatic rings.